The average molecular weight is 374 g/mol. The van der Waals surface area contributed by atoms with Crippen molar-refractivity contribution in [2.45, 2.75) is 13.8 Å². The number of thiophene rings is 1. The maximum atomic E-state index is 12.4. The van der Waals surface area contributed by atoms with Crippen molar-refractivity contribution in [2.24, 2.45) is 0 Å². The minimum absolute atomic E-state index is 0.0695. The van der Waals surface area contributed by atoms with E-state index in [-0.39, 0.29) is 5.78 Å². The summed E-state index contributed by atoms with van der Waals surface area (Å²) in [6.07, 6.45) is 0. The van der Waals surface area contributed by atoms with Crippen LogP contribution < -0.4 is 0 Å². The Labute approximate surface area is 121 Å². The fraction of sp³-hybridized carbons (Fsp3) is 0.154. The SMILES string of the molecule is Cc1cccc(C(=O)c2cc(Br)sc2C)c1Br. The van der Waals surface area contributed by atoms with Crippen LogP contribution in [0.5, 0.6) is 0 Å². The van der Waals surface area contributed by atoms with Crippen LogP contribution in [-0.2, 0) is 0 Å². The van der Waals surface area contributed by atoms with Gasteiger partial charge in [0.15, 0.2) is 5.78 Å². The van der Waals surface area contributed by atoms with E-state index in [1.54, 1.807) is 11.3 Å². The molecule has 1 aromatic heterocycles. The second kappa shape index (κ2) is 5.04. The van der Waals surface area contributed by atoms with E-state index in [0.717, 1.165) is 29.8 Å². The molecular weight excluding hydrogens is 364 g/mol. The molecule has 0 spiro atoms. The van der Waals surface area contributed by atoms with Gasteiger partial charge in [-0.25, -0.2) is 0 Å². The van der Waals surface area contributed by atoms with Gasteiger partial charge >= 0.3 is 0 Å². The van der Waals surface area contributed by atoms with Gasteiger partial charge in [0.1, 0.15) is 0 Å². The number of hydrogen-bond donors (Lipinski definition) is 0. The van der Waals surface area contributed by atoms with E-state index in [9.17, 15) is 4.79 Å². The summed E-state index contributed by atoms with van der Waals surface area (Å²) in [5.74, 6) is 0.0695. The molecule has 0 unspecified atom stereocenters. The van der Waals surface area contributed by atoms with Crippen LogP contribution in [0.25, 0.3) is 0 Å². The maximum Gasteiger partial charge on any atom is 0.195 e. The van der Waals surface area contributed by atoms with E-state index in [4.69, 9.17) is 0 Å². The molecule has 0 saturated heterocycles. The molecule has 0 aliphatic rings. The standard InChI is InChI=1S/C13H10Br2OS/c1-7-4-3-5-9(12(7)15)13(16)10-6-11(14)17-8(10)2/h3-6H,1-2H3. The minimum Gasteiger partial charge on any atom is -0.289 e. The molecule has 0 saturated carbocycles. The summed E-state index contributed by atoms with van der Waals surface area (Å²) in [5.41, 5.74) is 2.56. The van der Waals surface area contributed by atoms with E-state index < -0.39 is 0 Å². The second-order valence-electron chi connectivity index (χ2n) is 3.79. The van der Waals surface area contributed by atoms with Crippen molar-refractivity contribution in [3.8, 4) is 0 Å². The monoisotopic (exact) mass is 372 g/mol. The highest BCUT2D eigenvalue weighted by molar-refractivity contribution is 9.11. The van der Waals surface area contributed by atoms with Crippen LogP contribution in [0.15, 0.2) is 32.5 Å². The van der Waals surface area contributed by atoms with Gasteiger partial charge in [-0.1, -0.05) is 12.1 Å². The lowest BCUT2D eigenvalue weighted by Crippen LogP contribution is -2.03. The smallest absolute Gasteiger partial charge is 0.195 e. The first-order chi connectivity index (χ1) is 8.00. The summed E-state index contributed by atoms with van der Waals surface area (Å²) in [4.78, 5) is 13.4. The molecule has 1 nitrogen and oxygen atoms in total. The van der Waals surface area contributed by atoms with Crippen molar-refractivity contribution in [3.05, 3.63) is 54.1 Å². The first-order valence-electron chi connectivity index (χ1n) is 5.06. The number of benzene rings is 1. The first-order valence-corrected chi connectivity index (χ1v) is 7.46. The van der Waals surface area contributed by atoms with Gasteiger partial charge in [-0.15, -0.1) is 11.3 Å². The molecule has 0 aliphatic heterocycles. The Hall–Kier alpha value is -0.450. The largest absolute Gasteiger partial charge is 0.289 e. The van der Waals surface area contributed by atoms with E-state index in [1.807, 2.05) is 38.1 Å². The molecule has 0 aliphatic carbocycles. The maximum absolute atomic E-state index is 12.4. The van der Waals surface area contributed by atoms with Gasteiger partial charge in [-0.2, -0.15) is 0 Å². The molecular formula is C13H10Br2OS. The van der Waals surface area contributed by atoms with Gasteiger partial charge in [0, 0.05) is 20.5 Å². The Balaban J connectivity index is 2.51. The molecule has 4 heteroatoms. The van der Waals surface area contributed by atoms with Crippen LogP contribution in [0.3, 0.4) is 0 Å². The average Bonchev–Trinajstić information content (AvgIpc) is 2.61. The van der Waals surface area contributed by atoms with Crippen LogP contribution in [0.2, 0.25) is 0 Å². The predicted octanol–water partition coefficient (Wildman–Crippen LogP) is 5.12. The highest BCUT2D eigenvalue weighted by Crippen LogP contribution is 2.30. The molecule has 0 fully saturated rings. The Bertz CT molecular complexity index is 587. The van der Waals surface area contributed by atoms with Crippen LogP contribution in [-0.4, -0.2) is 5.78 Å². The summed E-state index contributed by atoms with van der Waals surface area (Å²) in [6.45, 7) is 3.95. The van der Waals surface area contributed by atoms with Crippen LogP contribution in [0, 0.1) is 13.8 Å². The zero-order valence-electron chi connectivity index (χ0n) is 9.38. The van der Waals surface area contributed by atoms with Crippen molar-refractivity contribution in [2.75, 3.05) is 0 Å². The quantitative estimate of drug-likeness (QED) is 0.667. The third kappa shape index (κ3) is 2.54. The fourth-order valence-electron chi connectivity index (χ4n) is 1.64. The molecule has 88 valence electrons. The topological polar surface area (TPSA) is 17.1 Å². The summed E-state index contributed by atoms with van der Waals surface area (Å²) in [7, 11) is 0. The molecule has 0 radical (unpaired) electrons. The molecule has 2 aromatic rings. The number of ketones is 1. The number of aryl methyl sites for hydroxylation is 2. The zero-order chi connectivity index (χ0) is 12.6. The van der Waals surface area contributed by atoms with E-state index in [2.05, 4.69) is 31.9 Å². The third-order valence-corrected chi connectivity index (χ3v) is 5.17. The lowest BCUT2D eigenvalue weighted by Gasteiger charge is -2.05. The molecule has 0 bridgehead atoms. The predicted molar refractivity (Wildman–Crippen MR) is 79.1 cm³/mol. The molecule has 17 heavy (non-hydrogen) atoms. The Morgan fingerprint density at radius 3 is 2.47 bits per heavy atom. The fourth-order valence-corrected chi connectivity index (χ4v) is 3.77. The number of carbonyl (C=O) groups is 1. The summed E-state index contributed by atoms with van der Waals surface area (Å²) >= 11 is 8.47. The summed E-state index contributed by atoms with van der Waals surface area (Å²) < 4.78 is 1.87. The van der Waals surface area contributed by atoms with E-state index in [0.29, 0.717) is 0 Å². The van der Waals surface area contributed by atoms with Gasteiger partial charge in [-0.05, 0) is 63.4 Å². The van der Waals surface area contributed by atoms with Gasteiger partial charge in [0.25, 0.3) is 0 Å². The van der Waals surface area contributed by atoms with Crippen molar-refractivity contribution >= 4 is 49.0 Å². The van der Waals surface area contributed by atoms with Crippen molar-refractivity contribution in [1.29, 1.82) is 0 Å². The van der Waals surface area contributed by atoms with Gasteiger partial charge < -0.3 is 0 Å². The highest BCUT2D eigenvalue weighted by Gasteiger charge is 2.17. The first kappa shape index (κ1) is 13.0. The normalized spacial score (nSPS) is 10.6. The summed E-state index contributed by atoms with van der Waals surface area (Å²) in [5, 5.41) is 0. The van der Waals surface area contributed by atoms with Gasteiger partial charge in [0.2, 0.25) is 0 Å². The van der Waals surface area contributed by atoms with E-state index >= 15 is 0 Å². The van der Waals surface area contributed by atoms with Crippen molar-refractivity contribution in [3.63, 3.8) is 0 Å². The summed E-state index contributed by atoms with van der Waals surface area (Å²) in [6, 6.07) is 7.63. The van der Waals surface area contributed by atoms with E-state index in [1.165, 1.54) is 0 Å². The van der Waals surface area contributed by atoms with Crippen LogP contribution >= 0.6 is 43.2 Å². The molecule has 1 heterocycles. The number of hydrogen-bond acceptors (Lipinski definition) is 2. The minimum atomic E-state index is 0.0695. The number of carbonyl (C=O) groups excluding carboxylic acids is 1. The molecule has 0 atom stereocenters. The second-order valence-corrected chi connectivity index (χ2v) is 7.21. The van der Waals surface area contributed by atoms with Crippen LogP contribution in [0.1, 0.15) is 26.4 Å². The Kier molecular flexibility index (Phi) is 3.85. The number of rotatable bonds is 2. The van der Waals surface area contributed by atoms with Crippen molar-refractivity contribution in [1.82, 2.24) is 0 Å². The Morgan fingerprint density at radius 2 is 1.88 bits per heavy atom. The Morgan fingerprint density at radius 1 is 1.18 bits per heavy atom. The van der Waals surface area contributed by atoms with Gasteiger partial charge in [0.05, 0.1) is 3.79 Å². The highest BCUT2D eigenvalue weighted by atomic mass is 79.9. The molecule has 0 amide bonds. The lowest BCUT2D eigenvalue weighted by atomic mass is 10.0. The molecule has 0 N–H and O–H groups in total. The zero-order valence-corrected chi connectivity index (χ0v) is 13.4. The van der Waals surface area contributed by atoms with Crippen LogP contribution in [0.4, 0.5) is 0 Å². The molecule has 1 aromatic carbocycles. The third-order valence-electron chi connectivity index (χ3n) is 2.57. The lowest BCUT2D eigenvalue weighted by molar-refractivity contribution is 0.103. The van der Waals surface area contributed by atoms with Gasteiger partial charge in [-0.3, -0.25) is 4.79 Å². The number of halogens is 2. The molecule has 2 rings (SSSR count). The van der Waals surface area contributed by atoms with Crippen molar-refractivity contribution < 1.29 is 4.79 Å².